The second-order valence-corrected chi connectivity index (χ2v) is 2.29. The average molecular weight is 132 g/mol. The molecule has 0 saturated carbocycles. The molecular weight excluding hydrogens is 122 g/mol. The first kappa shape index (κ1) is 7.56. The summed E-state index contributed by atoms with van der Waals surface area (Å²) in [4.78, 5) is 12.1. The quantitative estimate of drug-likeness (QED) is 0.351. The van der Waals surface area contributed by atoms with Gasteiger partial charge < -0.3 is 4.90 Å². The summed E-state index contributed by atoms with van der Waals surface area (Å²) >= 11 is 1.42. The molecule has 3 heteroatoms. The maximum Gasteiger partial charge on any atom is 0.303 e. The third kappa shape index (κ3) is 2.69. The summed E-state index contributed by atoms with van der Waals surface area (Å²) in [5.41, 5.74) is 0. The summed E-state index contributed by atoms with van der Waals surface area (Å²) in [6, 6.07) is 0. The molecule has 0 atom stereocenters. The molecule has 0 saturated heterocycles. The van der Waals surface area contributed by atoms with Gasteiger partial charge in [0.1, 0.15) is 0 Å². The monoisotopic (exact) mass is 132 g/mol. The molecule has 0 N–H and O–H groups in total. The van der Waals surface area contributed by atoms with Gasteiger partial charge in [0.05, 0.1) is 0 Å². The number of hydrogen-bond donors (Lipinski definition) is 0. The Balaban J connectivity index is 3.66. The normalized spacial score (nSPS) is 9.88. The molecule has 0 spiro atoms. The summed E-state index contributed by atoms with van der Waals surface area (Å²) in [6.07, 6.45) is 1.86. The number of rotatable bonds is 1. The maximum absolute atomic E-state index is 10.6. The van der Waals surface area contributed by atoms with Crippen molar-refractivity contribution in [1.82, 2.24) is 4.90 Å². The second-order valence-electron chi connectivity index (χ2n) is 1.59. The molecule has 0 rings (SSSR count). The number of carbonyl (C=O) groups is 1. The Morgan fingerprint density at radius 1 is 1.62 bits per heavy atom. The van der Waals surface area contributed by atoms with Crippen molar-refractivity contribution in [2.45, 2.75) is 0 Å². The summed E-state index contributed by atoms with van der Waals surface area (Å²) < 4.78 is 0. The van der Waals surface area contributed by atoms with Crippen LogP contribution in [0.1, 0.15) is 0 Å². The lowest BCUT2D eigenvalue weighted by molar-refractivity contribution is -0.121. The molecule has 0 radical (unpaired) electrons. The van der Waals surface area contributed by atoms with E-state index in [-0.39, 0.29) is 5.91 Å². The van der Waals surface area contributed by atoms with Crippen LogP contribution < -0.4 is 0 Å². The van der Waals surface area contributed by atoms with Crippen LogP contribution in [0.25, 0.3) is 0 Å². The van der Waals surface area contributed by atoms with Crippen LogP contribution in [0.4, 0.5) is 0 Å². The fraction of sp³-hybridized carbons (Fsp3) is 0.600. The largest absolute Gasteiger partial charge is 0.341 e. The lowest BCUT2D eigenvalue weighted by Gasteiger charge is -2.00. The molecule has 2 nitrogen and oxygen atoms in total. The smallest absolute Gasteiger partial charge is 0.303 e. The Morgan fingerprint density at radius 2 is 2.12 bits per heavy atom. The van der Waals surface area contributed by atoms with Crippen molar-refractivity contribution in [3.8, 4) is 0 Å². The summed E-state index contributed by atoms with van der Waals surface area (Å²) in [5, 5.41) is 1.57. The highest BCUT2D eigenvalue weighted by atomic mass is 32.1. The van der Waals surface area contributed by atoms with Crippen LogP contribution in [-0.2, 0) is 16.1 Å². The zero-order chi connectivity index (χ0) is 6.57. The van der Waals surface area contributed by atoms with Gasteiger partial charge in [-0.05, 0) is 0 Å². The lowest BCUT2D eigenvalue weighted by Crippen LogP contribution is -2.22. The van der Waals surface area contributed by atoms with Crippen LogP contribution in [0.15, 0.2) is 0 Å². The van der Waals surface area contributed by atoms with Gasteiger partial charge in [-0.1, -0.05) is 0 Å². The van der Waals surface area contributed by atoms with Crippen molar-refractivity contribution in [2.75, 3.05) is 20.4 Å². The van der Waals surface area contributed by atoms with Gasteiger partial charge in [-0.2, -0.15) is 0 Å². The first-order valence-corrected chi connectivity index (χ1v) is 3.54. The predicted octanol–water partition coefficient (Wildman–Crippen LogP) is -0.411. The van der Waals surface area contributed by atoms with E-state index in [1.807, 2.05) is 6.26 Å². The van der Waals surface area contributed by atoms with Gasteiger partial charge in [-0.25, -0.2) is 0 Å². The Bertz CT molecular complexity index is 109. The van der Waals surface area contributed by atoms with Gasteiger partial charge in [0, 0.05) is 14.1 Å². The molecule has 0 fully saturated rings. The van der Waals surface area contributed by atoms with Crippen LogP contribution in [0.5, 0.6) is 0 Å². The minimum absolute atomic E-state index is 0.0532. The molecule has 0 aromatic carbocycles. The highest BCUT2D eigenvalue weighted by molar-refractivity contribution is 7.78. The highest BCUT2D eigenvalue weighted by Crippen LogP contribution is 1.69. The zero-order valence-corrected chi connectivity index (χ0v) is 6.16. The van der Waals surface area contributed by atoms with E-state index in [0.717, 1.165) is 0 Å². The molecule has 0 aliphatic heterocycles. The van der Waals surface area contributed by atoms with E-state index in [2.05, 4.69) is 0 Å². The van der Waals surface area contributed by atoms with Crippen LogP contribution in [0, 0.1) is 0 Å². The topological polar surface area (TPSA) is 20.3 Å². The average Bonchev–Trinajstić information content (AvgIpc) is 1.67. The minimum Gasteiger partial charge on any atom is -0.341 e. The first-order valence-electron chi connectivity index (χ1n) is 2.25. The number of hydrogen-bond acceptors (Lipinski definition) is 1. The molecule has 0 heterocycles. The maximum atomic E-state index is 10.6. The zero-order valence-electron chi connectivity index (χ0n) is 5.34. The Kier molecular flexibility index (Phi) is 3.35. The van der Waals surface area contributed by atoms with E-state index in [1.165, 1.54) is 16.3 Å². The lowest BCUT2D eigenvalue weighted by atomic mass is 10.6. The van der Waals surface area contributed by atoms with Gasteiger partial charge in [0.15, 0.2) is 17.6 Å². The molecular formula is C5H10NOS+. The minimum atomic E-state index is 0.0532. The molecule has 0 unspecified atom stereocenters. The molecule has 46 valence electrons. The summed E-state index contributed by atoms with van der Waals surface area (Å²) in [5.74, 6) is 0.0532. The SMILES string of the molecule is C[S+]=CC(=O)N(C)C. The van der Waals surface area contributed by atoms with E-state index in [1.54, 1.807) is 19.5 Å². The summed E-state index contributed by atoms with van der Waals surface area (Å²) in [7, 11) is 3.46. The molecule has 0 aliphatic rings. The Morgan fingerprint density at radius 3 is 2.25 bits per heavy atom. The Hall–Kier alpha value is -0.440. The van der Waals surface area contributed by atoms with Crippen molar-refractivity contribution in [2.24, 2.45) is 0 Å². The number of amides is 1. The Labute approximate surface area is 53.4 Å². The summed E-state index contributed by atoms with van der Waals surface area (Å²) in [6.45, 7) is 0. The van der Waals surface area contributed by atoms with E-state index in [9.17, 15) is 4.79 Å². The first-order chi connectivity index (χ1) is 3.68. The molecule has 0 aromatic rings. The van der Waals surface area contributed by atoms with Gasteiger partial charge in [0.2, 0.25) is 0 Å². The van der Waals surface area contributed by atoms with Gasteiger partial charge in [-0.15, -0.1) is 0 Å². The van der Waals surface area contributed by atoms with Gasteiger partial charge in [-0.3, -0.25) is 4.79 Å². The van der Waals surface area contributed by atoms with Crippen molar-refractivity contribution in [1.29, 1.82) is 0 Å². The third-order valence-corrected chi connectivity index (χ3v) is 1.10. The molecule has 1 amide bonds. The fourth-order valence-electron chi connectivity index (χ4n) is 0.206. The van der Waals surface area contributed by atoms with Crippen LogP contribution in [0.2, 0.25) is 0 Å². The number of nitrogens with zero attached hydrogens (tertiary/aromatic N) is 1. The molecule has 0 aromatic heterocycles. The third-order valence-electron chi connectivity index (χ3n) is 0.659. The number of carbonyl (C=O) groups excluding carboxylic acids is 1. The van der Waals surface area contributed by atoms with E-state index in [4.69, 9.17) is 0 Å². The van der Waals surface area contributed by atoms with Crippen molar-refractivity contribution in [3.05, 3.63) is 0 Å². The highest BCUT2D eigenvalue weighted by Gasteiger charge is 2.01. The van der Waals surface area contributed by atoms with Crippen LogP contribution >= 0.6 is 0 Å². The predicted molar refractivity (Wildman–Crippen MR) is 38.0 cm³/mol. The second kappa shape index (κ2) is 3.55. The van der Waals surface area contributed by atoms with Crippen molar-refractivity contribution >= 4 is 22.6 Å². The van der Waals surface area contributed by atoms with Crippen molar-refractivity contribution < 1.29 is 4.79 Å². The molecule has 8 heavy (non-hydrogen) atoms. The van der Waals surface area contributed by atoms with Gasteiger partial charge >= 0.3 is 5.91 Å². The van der Waals surface area contributed by atoms with E-state index >= 15 is 0 Å². The molecule has 0 aliphatic carbocycles. The van der Waals surface area contributed by atoms with Crippen molar-refractivity contribution in [3.63, 3.8) is 0 Å². The van der Waals surface area contributed by atoms with Crippen LogP contribution in [0.3, 0.4) is 0 Å². The van der Waals surface area contributed by atoms with Crippen LogP contribution in [-0.4, -0.2) is 36.5 Å². The van der Waals surface area contributed by atoms with Gasteiger partial charge in [0.25, 0.3) is 5.37 Å². The van der Waals surface area contributed by atoms with E-state index in [0.29, 0.717) is 0 Å². The fourth-order valence-corrected chi connectivity index (χ4v) is 0.619. The standard InChI is InChI=1S/C5H10NOS/c1-6(2)5(7)4-8-3/h4H,1-3H3/q+1. The van der Waals surface area contributed by atoms with E-state index < -0.39 is 0 Å². The molecule has 0 bridgehead atoms.